The van der Waals surface area contributed by atoms with Crippen molar-refractivity contribution < 1.29 is 9.53 Å². The standard InChI is InChI=1S/C24H28N4O2S/c1-17(19-9-4-3-5-10-19)25-23(29)20-11-7-13-28(16-20)24-26-22(27-31-24)15-18-8-6-12-21(14-18)30-2/h3-6,8-10,12,14,17,20H,7,11,13,15-16H2,1-2H3,(H,25,29). The summed E-state index contributed by atoms with van der Waals surface area (Å²) >= 11 is 1.41. The van der Waals surface area contributed by atoms with Crippen molar-refractivity contribution in [3.63, 3.8) is 0 Å². The van der Waals surface area contributed by atoms with Gasteiger partial charge in [-0.1, -0.05) is 42.5 Å². The molecule has 162 valence electrons. The third kappa shape index (κ3) is 5.41. The highest BCUT2D eigenvalue weighted by atomic mass is 32.1. The number of amides is 1. The molecule has 2 atom stereocenters. The van der Waals surface area contributed by atoms with Gasteiger partial charge >= 0.3 is 0 Å². The Bertz CT molecular complexity index is 1010. The summed E-state index contributed by atoms with van der Waals surface area (Å²) in [5.74, 6) is 1.72. The third-order valence-electron chi connectivity index (χ3n) is 5.67. The molecule has 3 aromatic rings. The van der Waals surface area contributed by atoms with E-state index in [1.54, 1.807) is 7.11 Å². The zero-order valence-electron chi connectivity index (χ0n) is 18.0. The first-order chi connectivity index (χ1) is 15.1. The first-order valence-electron chi connectivity index (χ1n) is 10.7. The number of piperidine rings is 1. The van der Waals surface area contributed by atoms with E-state index < -0.39 is 0 Å². The van der Waals surface area contributed by atoms with Crippen molar-refractivity contribution in [2.24, 2.45) is 5.92 Å². The van der Waals surface area contributed by atoms with Gasteiger partial charge in [-0.25, -0.2) is 4.98 Å². The molecule has 31 heavy (non-hydrogen) atoms. The van der Waals surface area contributed by atoms with E-state index in [4.69, 9.17) is 9.72 Å². The Labute approximate surface area is 187 Å². The van der Waals surface area contributed by atoms with E-state index >= 15 is 0 Å². The maximum atomic E-state index is 12.9. The van der Waals surface area contributed by atoms with Gasteiger partial charge in [-0.05, 0) is 43.0 Å². The molecule has 2 heterocycles. The lowest BCUT2D eigenvalue weighted by molar-refractivity contribution is -0.125. The van der Waals surface area contributed by atoms with Crippen LogP contribution in [0.1, 0.15) is 42.8 Å². The minimum atomic E-state index is -0.0364. The number of methoxy groups -OCH3 is 1. The summed E-state index contributed by atoms with van der Waals surface area (Å²) in [7, 11) is 1.67. The van der Waals surface area contributed by atoms with Crippen molar-refractivity contribution in [1.82, 2.24) is 14.7 Å². The van der Waals surface area contributed by atoms with Crippen molar-refractivity contribution in [3.8, 4) is 5.75 Å². The molecular formula is C24H28N4O2S. The Balaban J connectivity index is 1.36. The maximum Gasteiger partial charge on any atom is 0.225 e. The van der Waals surface area contributed by atoms with E-state index in [2.05, 4.69) is 20.7 Å². The van der Waals surface area contributed by atoms with Gasteiger partial charge < -0.3 is 15.0 Å². The number of anilines is 1. The highest BCUT2D eigenvalue weighted by molar-refractivity contribution is 7.09. The number of nitrogens with zero attached hydrogens (tertiary/aromatic N) is 3. The Morgan fingerprint density at radius 2 is 2.10 bits per heavy atom. The van der Waals surface area contributed by atoms with Crippen LogP contribution in [0.3, 0.4) is 0 Å². The van der Waals surface area contributed by atoms with Crippen molar-refractivity contribution in [1.29, 1.82) is 0 Å². The van der Waals surface area contributed by atoms with Crippen LogP contribution in [0.4, 0.5) is 5.13 Å². The molecule has 4 rings (SSSR count). The number of ether oxygens (including phenoxy) is 1. The van der Waals surface area contributed by atoms with Gasteiger partial charge in [-0.15, -0.1) is 0 Å². The maximum absolute atomic E-state index is 12.9. The molecule has 1 aromatic heterocycles. The van der Waals surface area contributed by atoms with E-state index in [9.17, 15) is 4.79 Å². The highest BCUT2D eigenvalue weighted by Gasteiger charge is 2.28. The van der Waals surface area contributed by atoms with Crippen molar-refractivity contribution >= 4 is 22.6 Å². The minimum absolute atomic E-state index is 0.0000671. The Hall–Kier alpha value is -2.93. The fraction of sp³-hybridized carbons (Fsp3) is 0.375. The number of carbonyl (C=O) groups is 1. The Morgan fingerprint density at radius 3 is 2.90 bits per heavy atom. The lowest BCUT2D eigenvalue weighted by Crippen LogP contribution is -2.43. The number of aromatic nitrogens is 2. The van der Waals surface area contributed by atoms with Gasteiger partial charge in [0.15, 0.2) is 0 Å². The Morgan fingerprint density at radius 1 is 1.26 bits per heavy atom. The van der Waals surface area contributed by atoms with Crippen LogP contribution in [0.2, 0.25) is 0 Å². The van der Waals surface area contributed by atoms with Gasteiger partial charge in [0.2, 0.25) is 11.0 Å². The summed E-state index contributed by atoms with van der Waals surface area (Å²) in [6, 6.07) is 18.0. The molecule has 0 saturated carbocycles. The largest absolute Gasteiger partial charge is 0.497 e. The molecule has 0 aliphatic carbocycles. The van der Waals surface area contributed by atoms with Gasteiger partial charge in [0.05, 0.1) is 19.1 Å². The summed E-state index contributed by atoms with van der Waals surface area (Å²) in [5, 5.41) is 4.07. The molecule has 2 unspecified atom stereocenters. The van der Waals surface area contributed by atoms with Gasteiger partial charge in [-0.3, -0.25) is 4.79 Å². The average Bonchev–Trinajstić information content (AvgIpc) is 3.28. The van der Waals surface area contributed by atoms with Crippen molar-refractivity contribution in [2.45, 2.75) is 32.2 Å². The fourth-order valence-corrected chi connectivity index (χ4v) is 4.65. The Kier molecular flexibility index (Phi) is 6.82. The average molecular weight is 437 g/mol. The SMILES string of the molecule is COc1cccc(Cc2nsc(N3CCCC(C(=O)NC(C)c4ccccc4)C3)n2)c1. The first-order valence-corrected chi connectivity index (χ1v) is 11.5. The summed E-state index contributed by atoms with van der Waals surface area (Å²) in [5.41, 5.74) is 2.24. The number of hydrogen-bond acceptors (Lipinski definition) is 6. The molecule has 1 aliphatic rings. The third-order valence-corrected chi connectivity index (χ3v) is 6.49. The van der Waals surface area contributed by atoms with E-state index in [0.717, 1.165) is 47.2 Å². The number of nitrogens with one attached hydrogen (secondary N) is 1. The van der Waals surface area contributed by atoms with Crippen LogP contribution in [-0.4, -0.2) is 35.5 Å². The number of benzene rings is 2. The molecule has 1 amide bonds. The lowest BCUT2D eigenvalue weighted by atomic mass is 9.96. The van der Waals surface area contributed by atoms with Crippen LogP contribution in [0.25, 0.3) is 0 Å². The monoisotopic (exact) mass is 436 g/mol. The molecule has 1 saturated heterocycles. The van der Waals surface area contributed by atoms with Gasteiger partial charge in [0, 0.05) is 31.0 Å². The topological polar surface area (TPSA) is 67.3 Å². The number of rotatable bonds is 7. The molecule has 1 fully saturated rings. The second kappa shape index (κ2) is 9.92. The molecule has 7 heteroatoms. The molecule has 0 spiro atoms. The van der Waals surface area contributed by atoms with E-state index in [1.165, 1.54) is 11.5 Å². The van der Waals surface area contributed by atoms with Crippen LogP contribution in [0, 0.1) is 5.92 Å². The van der Waals surface area contributed by atoms with E-state index in [-0.39, 0.29) is 17.9 Å². The summed E-state index contributed by atoms with van der Waals surface area (Å²) < 4.78 is 9.85. The van der Waals surface area contributed by atoms with Crippen LogP contribution in [0.5, 0.6) is 5.75 Å². The van der Waals surface area contributed by atoms with Crippen LogP contribution in [0.15, 0.2) is 54.6 Å². The van der Waals surface area contributed by atoms with E-state index in [0.29, 0.717) is 13.0 Å². The molecular weight excluding hydrogens is 408 g/mol. The number of hydrogen-bond donors (Lipinski definition) is 1. The lowest BCUT2D eigenvalue weighted by Gasteiger charge is -2.32. The predicted octanol–water partition coefficient (Wildman–Crippen LogP) is 4.23. The molecule has 1 aliphatic heterocycles. The first kappa shape index (κ1) is 21.3. The second-order valence-corrected chi connectivity index (χ2v) is 8.68. The smallest absolute Gasteiger partial charge is 0.225 e. The summed E-state index contributed by atoms with van der Waals surface area (Å²) in [6.07, 6.45) is 2.54. The normalized spacial score (nSPS) is 17.2. The molecule has 1 N–H and O–H groups in total. The van der Waals surface area contributed by atoms with Crippen LogP contribution < -0.4 is 15.0 Å². The second-order valence-electron chi connectivity index (χ2n) is 7.95. The van der Waals surface area contributed by atoms with Crippen molar-refractivity contribution in [3.05, 3.63) is 71.5 Å². The summed E-state index contributed by atoms with van der Waals surface area (Å²) in [6.45, 7) is 3.62. The fourth-order valence-electron chi connectivity index (χ4n) is 3.93. The highest BCUT2D eigenvalue weighted by Crippen LogP contribution is 2.26. The van der Waals surface area contributed by atoms with Gasteiger partial charge in [-0.2, -0.15) is 4.37 Å². The van der Waals surface area contributed by atoms with Crippen LogP contribution in [-0.2, 0) is 11.2 Å². The zero-order chi connectivity index (χ0) is 21.6. The van der Waals surface area contributed by atoms with Gasteiger partial charge in [0.1, 0.15) is 11.6 Å². The van der Waals surface area contributed by atoms with Crippen LogP contribution >= 0.6 is 11.5 Å². The van der Waals surface area contributed by atoms with Gasteiger partial charge in [0.25, 0.3) is 0 Å². The molecule has 6 nitrogen and oxygen atoms in total. The van der Waals surface area contributed by atoms with Crippen molar-refractivity contribution in [2.75, 3.05) is 25.1 Å². The number of carbonyl (C=O) groups excluding carboxylic acids is 1. The minimum Gasteiger partial charge on any atom is -0.497 e. The quantitative estimate of drug-likeness (QED) is 0.600. The molecule has 0 radical (unpaired) electrons. The molecule has 2 aromatic carbocycles. The molecule has 0 bridgehead atoms. The summed E-state index contributed by atoms with van der Waals surface area (Å²) in [4.78, 5) is 19.8. The predicted molar refractivity (Wildman–Crippen MR) is 124 cm³/mol. The zero-order valence-corrected chi connectivity index (χ0v) is 18.8. The van der Waals surface area contributed by atoms with E-state index in [1.807, 2.05) is 55.5 Å².